The Morgan fingerprint density at radius 3 is 2.42 bits per heavy atom. The summed E-state index contributed by atoms with van der Waals surface area (Å²) in [6.07, 6.45) is 3.56. The number of halogens is 2. The summed E-state index contributed by atoms with van der Waals surface area (Å²) in [5.41, 5.74) is 0.298. The number of nitro benzene ring substituents is 1. The van der Waals surface area contributed by atoms with Crippen LogP contribution in [0.1, 0.15) is 25.7 Å². The molecule has 0 heterocycles. The molecule has 0 atom stereocenters. The smallest absolute Gasteiger partial charge is 0.293 e. The van der Waals surface area contributed by atoms with E-state index in [1.165, 1.54) is 12.1 Å². The third kappa shape index (κ3) is 5.22. The highest BCUT2D eigenvalue weighted by Crippen LogP contribution is 2.33. The van der Waals surface area contributed by atoms with Gasteiger partial charge in [0.25, 0.3) is 5.69 Å². The van der Waals surface area contributed by atoms with E-state index in [1.54, 1.807) is 0 Å². The summed E-state index contributed by atoms with van der Waals surface area (Å²) in [7, 11) is 0. The number of nitro groups is 1. The predicted octanol–water partition coefficient (Wildman–Crippen LogP) is 3.87. The zero-order valence-corrected chi connectivity index (χ0v) is 11.9. The molecule has 0 amide bonds. The van der Waals surface area contributed by atoms with Crippen molar-refractivity contribution in [3.05, 3.63) is 32.3 Å². The van der Waals surface area contributed by atoms with Crippen LogP contribution < -0.4 is 5.32 Å². The Morgan fingerprint density at radius 1 is 1.16 bits per heavy atom. The first kappa shape index (κ1) is 16.0. The summed E-state index contributed by atoms with van der Waals surface area (Å²) < 4.78 is 0. The topological polar surface area (TPSA) is 75.4 Å². The van der Waals surface area contributed by atoms with Gasteiger partial charge in [-0.05, 0) is 18.9 Å². The fraction of sp³-hybridized carbons (Fsp3) is 0.500. The number of unbranched alkanes of at least 4 members (excludes halogenated alkanes) is 3. The van der Waals surface area contributed by atoms with Gasteiger partial charge in [-0.3, -0.25) is 10.1 Å². The minimum atomic E-state index is -0.490. The Morgan fingerprint density at radius 2 is 1.79 bits per heavy atom. The van der Waals surface area contributed by atoms with Crippen molar-refractivity contribution >= 4 is 34.6 Å². The summed E-state index contributed by atoms with van der Waals surface area (Å²) in [6, 6.07) is 2.72. The molecule has 0 unspecified atom stereocenters. The molecule has 2 N–H and O–H groups in total. The van der Waals surface area contributed by atoms with Crippen LogP contribution in [0.3, 0.4) is 0 Å². The van der Waals surface area contributed by atoms with E-state index in [9.17, 15) is 10.1 Å². The molecule has 0 spiro atoms. The Kier molecular flexibility index (Phi) is 6.91. The van der Waals surface area contributed by atoms with Gasteiger partial charge in [-0.2, -0.15) is 0 Å². The minimum absolute atomic E-state index is 0.0789. The summed E-state index contributed by atoms with van der Waals surface area (Å²) in [5, 5.41) is 23.0. The van der Waals surface area contributed by atoms with Crippen LogP contribution in [0, 0.1) is 10.1 Å². The average molecular weight is 307 g/mol. The van der Waals surface area contributed by atoms with Gasteiger partial charge in [0.1, 0.15) is 5.69 Å². The van der Waals surface area contributed by atoms with Crippen LogP contribution in [0.4, 0.5) is 11.4 Å². The van der Waals surface area contributed by atoms with Crippen LogP contribution in [0.15, 0.2) is 12.1 Å². The molecule has 106 valence electrons. The van der Waals surface area contributed by atoms with Gasteiger partial charge in [-0.15, -0.1) is 0 Å². The Bertz CT molecular complexity index is 441. The van der Waals surface area contributed by atoms with Crippen molar-refractivity contribution in [2.75, 3.05) is 18.5 Å². The molecule has 7 heteroatoms. The largest absolute Gasteiger partial charge is 0.396 e. The van der Waals surface area contributed by atoms with E-state index in [1.807, 2.05) is 0 Å². The molecule has 0 aromatic heterocycles. The molecule has 0 saturated carbocycles. The summed E-state index contributed by atoms with van der Waals surface area (Å²) in [4.78, 5) is 10.4. The van der Waals surface area contributed by atoms with E-state index in [2.05, 4.69) is 5.32 Å². The van der Waals surface area contributed by atoms with Crippen LogP contribution >= 0.6 is 23.2 Å². The lowest BCUT2D eigenvalue weighted by Crippen LogP contribution is -2.04. The highest BCUT2D eigenvalue weighted by molar-refractivity contribution is 6.42. The maximum Gasteiger partial charge on any atom is 0.293 e. The standard InChI is InChI=1S/C12H16Cl2N2O3/c13-9-7-11(12(16(18)19)8-10(9)14)15-5-3-1-2-4-6-17/h7-8,15,17H,1-6H2. The SMILES string of the molecule is O=[N+]([O-])c1cc(Cl)c(Cl)cc1NCCCCCCO. The molecule has 0 aliphatic rings. The number of hydrogen-bond acceptors (Lipinski definition) is 4. The van der Waals surface area contributed by atoms with Gasteiger partial charge in [-0.25, -0.2) is 0 Å². The maximum absolute atomic E-state index is 10.9. The van der Waals surface area contributed by atoms with Crippen molar-refractivity contribution in [3.63, 3.8) is 0 Å². The molecule has 0 aliphatic heterocycles. The molecule has 0 radical (unpaired) electrons. The molecule has 0 bridgehead atoms. The second kappa shape index (κ2) is 8.19. The summed E-state index contributed by atoms with van der Waals surface area (Å²) in [5.74, 6) is 0. The molecule has 1 aromatic carbocycles. The number of aliphatic hydroxyl groups is 1. The first-order valence-electron chi connectivity index (χ1n) is 6.04. The number of benzene rings is 1. The van der Waals surface area contributed by atoms with Crippen molar-refractivity contribution in [2.45, 2.75) is 25.7 Å². The van der Waals surface area contributed by atoms with Crippen molar-refractivity contribution in [1.29, 1.82) is 0 Å². The van der Waals surface area contributed by atoms with Crippen molar-refractivity contribution in [3.8, 4) is 0 Å². The lowest BCUT2D eigenvalue weighted by atomic mass is 10.2. The van der Waals surface area contributed by atoms with Crippen LogP contribution in [-0.2, 0) is 0 Å². The minimum Gasteiger partial charge on any atom is -0.396 e. The number of rotatable bonds is 8. The molecule has 5 nitrogen and oxygen atoms in total. The molecule has 1 rings (SSSR count). The average Bonchev–Trinajstić information content (AvgIpc) is 2.37. The molecule has 19 heavy (non-hydrogen) atoms. The quantitative estimate of drug-likeness (QED) is 0.434. The van der Waals surface area contributed by atoms with Gasteiger partial charge in [-0.1, -0.05) is 36.0 Å². The lowest BCUT2D eigenvalue weighted by molar-refractivity contribution is -0.383. The van der Waals surface area contributed by atoms with E-state index in [0.29, 0.717) is 12.2 Å². The van der Waals surface area contributed by atoms with Crippen LogP contribution in [0.25, 0.3) is 0 Å². The van der Waals surface area contributed by atoms with Crippen LogP contribution in [0.2, 0.25) is 10.0 Å². The lowest BCUT2D eigenvalue weighted by Gasteiger charge is -2.08. The van der Waals surface area contributed by atoms with E-state index < -0.39 is 4.92 Å². The van der Waals surface area contributed by atoms with Gasteiger partial charge < -0.3 is 10.4 Å². The summed E-state index contributed by atoms with van der Waals surface area (Å²) >= 11 is 11.6. The number of nitrogens with zero attached hydrogens (tertiary/aromatic N) is 1. The van der Waals surface area contributed by atoms with Gasteiger partial charge in [0.05, 0.1) is 15.0 Å². The molecule has 0 aliphatic carbocycles. The van der Waals surface area contributed by atoms with Crippen molar-refractivity contribution < 1.29 is 10.0 Å². The van der Waals surface area contributed by atoms with E-state index in [0.717, 1.165) is 25.7 Å². The van der Waals surface area contributed by atoms with Gasteiger partial charge in [0.15, 0.2) is 0 Å². The zero-order valence-electron chi connectivity index (χ0n) is 10.4. The van der Waals surface area contributed by atoms with Crippen LogP contribution in [-0.4, -0.2) is 23.2 Å². The highest BCUT2D eigenvalue weighted by Gasteiger charge is 2.16. The second-order valence-corrected chi connectivity index (χ2v) is 4.92. The number of nitrogens with one attached hydrogen (secondary N) is 1. The fourth-order valence-corrected chi connectivity index (χ4v) is 1.96. The van der Waals surface area contributed by atoms with E-state index in [-0.39, 0.29) is 22.3 Å². The number of aliphatic hydroxyl groups excluding tert-OH is 1. The first-order valence-corrected chi connectivity index (χ1v) is 6.80. The first-order chi connectivity index (χ1) is 9.06. The molecular formula is C12H16Cl2N2O3. The Balaban J connectivity index is 2.57. The van der Waals surface area contributed by atoms with E-state index in [4.69, 9.17) is 28.3 Å². The second-order valence-electron chi connectivity index (χ2n) is 4.11. The van der Waals surface area contributed by atoms with E-state index >= 15 is 0 Å². The molecule has 1 aromatic rings. The third-order valence-electron chi connectivity index (χ3n) is 2.64. The Hall–Kier alpha value is -1.04. The maximum atomic E-state index is 10.9. The van der Waals surface area contributed by atoms with Crippen molar-refractivity contribution in [1.82, 2.24) is 0 Å². The van der Waals surface area contributed by atoms with Crippen molar-refractivity contribution in [2.24, 2.45) is 0 Å². The zero-order chi connectivity index (χ0) is 14.3. The van der Waals surface area contributed by atoms with Gasteiger partial charge in [0, 0.05) is 19.2 Å². The normalized spacial score (nSPS) is 10.5. The fourth-order valence-electron chi connectivity index (χ4n) is 1.64. The molecular weight excluding hydrogens is 291 g/mol. The third-order valence-corrected chi connectivity index (χ3v) is 3.36. The van der Waals surface area contributed by atoms with Gasteiger partial charge >= 0.3 is 0 Å². The monoisotopic (exact) mass is 306 g/mol. The number of hydrogen-bond donors (Lipinski definition) is 2. The Labute approximate surface area is 121 Å². The molecule has 0 fully saturated rings. The van der Waals surface area contributed by atoms with Crippen LogP contribution in [0.5, 0.6) is 0 Å². The molecule has 0 saturated heterocycles. The number of anilines is 1. The summed E-state index contributed by atoms with van der Waals surface area (Å²) in [6.45, 7) is 0.815. The van der Waals surface area contributed by atoms with Gasteiger partial charge in [0.2, 0.25) is 0 Å². The highest BCUT2D eigenvalue weighted by atomic mass is 35.5. The predicted molar refractivity (Wildman–Crippen MR) is 77.2 cm³/mol.